The summed E-state index contributed by atoms with van der Waals surface area (Å²) in [6, 6.07) is 13.7. The fourth-order valence-electron chi connectivity index (χ4n) is 2.02. The van der Waals surface area contributed by atoms with Crippen LogP contribution in [0.15, 0.2) is 48.5 Å². The van der Waals surface area contributed by atoms with Gasteiger partial charge in [0.25, 0.3) is 0 Å². The maximum Gasteiger partial charge on any atom is 0.416 e. The van der Waals surface area contributed by atoms with E-state index in [4.69, 9.17) is 11.0 Å². The van der Waals surface area contributed by atoms with Crippen LogP contribution in [0.25, 0.3) is 11.1 Å². The first kappa shape index (κ1) is 15.1. The van der Waals surface area contributed by atoms with Crippen molar-refractivity contribution in [1.82, 2.24) is 0 Å². The van der Waals surface area contributed by atoms with Crippen LogP contribution in [0.4, 0.5) is 13.2 Å². The maximum absolute atomic E-state index is 12.5. The van der Waals surface area contributed by atoms with Gasteiger partial charge < -0.3 is 5.73 Å². The molecule has 2 rings (SSSR count). The second-order valence-corrected chi connectivity index (χ2v) is 4.67. The van der Waals surface area contributed by atoms with Crippen LogP contribution in [0.5, 0.6) is 0 Å². The van der Waals surface area contributed by atoms with Gasteiger partial charge in [0.2, 0.25) is 0 Å². The number of rotatable bonds is 3. The Morgan fingerprint density at radius 1 is 1.05 bits per heavy atom. The van der Waals surface area contributed by atoms with Crippen molar-refractivity contribution >= 4 is 0 Å². The molecule has 0 aliphatic carbocycles. The van der Waals surface area contributed by atoms with Gasteiger partial charge in [-0.25, -0.2) is 0 Å². The van der Waals surface area contributed by atoms with E-state index in [-0.39, 0.29) is 6.42 Å². The number of nitriles is 1. The first-order valence-electron chi connectivity index (χ1n) is 6.32. The number of nitrogens with two attached hydrogens (primary N) is 1. The number of hydrogen-bond acceptors (Lipinski definition) is 2. The van der Waals surface area contributed by atoms with Crippen LogP contribution < -0.4 is 5.73 Å². The van der Waals surface area contributed by atoms with E-state index >= 15 is 0 Å². The van der Waals surface area contributed by atoms with E-state index in [9.17, 15) is 13.2 Å². The fourth-order valence-corrected chi connectivity index (χ4v) is 2.02. The molecule has 0 fully saturated rings. The van der Waals surface area contributed by atoms with Crippen LogP contribution in [0.1, 0.15) is 23.6 Å². The number of nitrogens with zero attached hydrogens (tertiary/aromatic N) is 1. The zero-order chi connectivity index (χ0) is 15.5. The quantitative estimate of drug-likeness (QED) is 0.917. The van der Waals surface area contributed by atoms with Crippen molar-refractivity contribution in [2.45, 2.75) is 18.6 Å². The fraction of sp³-hybridized carbons (Fsp3) is 0.188. The monoisotopic (exact) mass is 290 g/mol. The molecule has 0 radical (unpaired) electrons. The summed E-state index contributed by atoms with van der Waals surface area (Å²) in [5.41, 5.74) is 7.42. The average molecular weight is 290 g/mol. The minimum Gasteiger partial charge on any atom is -0.323 e. The van der Waals surface area contributed by atoms with Crippen LogP contribution in [-0.2, 0) is 6.18 Å². The zero-order valence-electron chi connectivity index (χ0n) is 11.1. The largest absolute Gasteiger partial charge is 0.416 e. The first-order valence-corrected chi connectivity index (χ1v) is 6.32. The highest BCUT2D eigenvalue weighted by Gasteiger charge is 2.29. The third kappa shape index (κ3) is 3.61. The van der Waals surface area contributed by atoms with Gasteiger partial charge in [0.15, 0.2) is 0 Å². The van der Waals surface area contributed by atoms with Crippen molar-refractivity contribution in [3.63, 3.8) is 0 Å². The summed E-state index contributed by atoms with van der Waals surface area (Å²) < 4.78 is 37.6. The Hall–Kier alpha value is -2.32. The van der Waals surface area contributed by atoms with Gasteiger partial charge in [-0.15, -0.1) is 0 Å². The lowest BCUT2D eigenvalue weighted by Gasteiger charge is -2.11. The van der Waals surface area contributed by atoms with Crippen molar-refractivity contribution in [2.75, 3.05) is 0 Å². The third-order valence-corrected chi connectivity index (χ3v) is 3.17. The molecular weight excluding hydrogens is 277 g/mol. The van der Waals surface area contributed by atoms with E-state index in [0.29, 0.717) is 5.56 Å². The molecule has 1 atom stereocenters. The molecule has 0 aliphatic rings. The molecule has 5 heteroatoms. The Labute approximate surface area is 120 Å². The molecular formula is C16H13F3N2. The van der Waals surface area contributed by atoms with Crippen LogP contribution in [0, 0.1) is 11.3 Å². The SMILES string of the molecule is N#CC[C@@H](N)c1cccc(-c2ccc(C(F)(F)F)cc2)c1. The summed E-state index contributed by atoms with van der Waals surface area (Å²) in [7, 11) is 0. The molecule has 0 heterocycles. The van der Waals surface area contributed by atoms with Crippen molar-refractivity contribution < 1.29 is 13.2 Å². The van der Waals surface area contributed by atoms with Crippen molar-refractivity contribution in [1.29, 1.82) is 5.26 Å². The van der Waals surface area contributed by atoms with Crippen LogP contribution >= 0.6 is 0 Å². The summed E-state index contributed by atoms with van der Waals surface area (Å²) >= 11 is 0. The molecule has 2 N–H and O–H groups in total. The number of alkyl halides is 3. The Morgan fingerprint density at radius 3 is 2.29 bits per heavy atom. The number of benzene rings is 2. The maximum atomic E-state index is 12.5. The molecule has 0 amide bonds. The predicted octanol–water partition coefficient (Wildman–Crippen LogP) is 4.29. The molecule has 0 spiro atoms. The summed E-state index contributed by atoms with van der Waals surface area (Å²) in [4.78, 5) is 0. The zero-order valence-corrected chi connectivity index (χ0v) is 11.1. The summed E-state index contributed by atoms with van der Waals surface area (Å²) in [5.74, 6) is 0. The van der Waals surface area contributed by atoms with Gasteiger partial charge in [0.05, 0.1) is 18.1 Å². The normalized spacial score (nSPS) is 12.7. The number of hydrogen-bond donors (Lipinski definition) is 1. The van der Waals surface area contributed by atoms with E-state index in [2.05, 4.69) is 0 Å². The van der Waals surface area contributed by atoms with Gasteiger partial charge in [-0.3, -0.25) is 0 Å². The minimum atomic E-state index is -4.34. The molecule has 0 saturated heterocycles. The van der Waals surface area contributed by atoms with E-state index in [1.54, 1.807) is 24.3 Å². The average Bonchev–Trinajstić information content (AvgIpc) is 2.47. The van der Waals surface area contributed by atoms with Gasteiger partial charge >= 0.3 is 6.18 Å². The Bertz CT molecular complexity index is 654. The Morgan fingerprint density at radius 2 is 1.71 bits per heavy atom. The van der Waals surface area contributed by atoms with Crippen LogP contribution in [0.2, 0.25) is 0 Å². The molecule has 21 heavy (non-hydrogen) atoms. The third-order valence-electron chi connectivity index (χ3n) is 3.17. The standard InChI is InChI=1S/C16H13F3N2/c17-16(18,19)14-6-4-11(5-7-14)12-2-1-3-13(10-12)15(21)8-9-20/h1-7,10,15H,8,21H2/t15-/m1/s1. The molecule has 0 aromatic heterocycles. The number of halogens is 3. The lowest BCUT2D eigenvalue weighted by molar-refractivity contribution is -0.137. The van der Waals surface area contributed by atoms with E-state index in [1.807, 2.05) is 6.07 Å². The highest BCUT2D eigenvalue weighted by molar-refractivity contribution is 5.64. The van der Waals surface area contributed by atoms with Gasteiger partial charge in [0, 0.05) is 6.04 Å². The summed E-state index contributed by atoms with van der Waals surface area (Å²) in [5, 5.41) is 8.65. The van der Waals surface area contributed by atoms with E-state index in [0.717, 1.165) is 23.3 Å². The van der Waals surface area contributed by atoms with Gasteiger partial charge in [0.1, 0.15) is 0 Å². The second-order valence-electron chi connectivity index (χ2n) is 4.67. The smallest absolute Gasteiger partial charge is 0.323 e. The molecule has 2 aromatic carbocycles. The van der Waals surface area contributed by atoms with E-state index in [1.165, 1.54) is 12.1 Å². The topological polar surface area (TPSA) is 49.8 Å². The van der Waals surface area contributed by atoms with Crippen LogP contribution in [0.3, 0.4) is 0 Å². The second kappa shape index (κ2) is 5.98. The summed E-state index contributed by atoms with van der Waals surface area (Å²) in [6.45, 7) is 0. The van der Waals surface area contributed by atoms with Crippen molar-refractivity contribution in [3.8, 4) is 17.2 Å². The summed E-state index contributed by atoms with van der Waals surface area (Å²) in [6.07, 6.45) is -4.15. The highest BCUT2D eigenvalue weighted by Crippen LogP contribution is 2.31. The molecule has 0 unspecified atom stereocenters. The molecule has 0 saturated carbocycles. The van der Waals surface area contributed by atoms with Gasteiger partial charge in [-0.1, -0.05) is 30.3 Å². The molecule has 2 nitrogen and oxygen atoms in total. The minimum absolute atomic E-state index is 0.191. The molecule has 2 aromatic rings. The van der Waals surface area contributed by atoms with Gasteiger partial charge in [-0.2, -0.15) is 18.4 Å². The molecule has 108 valence electrons. The lowest BCUT2D eigenvalue weighted by atomic mass is 9.98. The molecule has 0 aliphatic heterocycles. The Balaban J connectivity index is 2.30. The van der Waals surface area contributed by atoms with Crippen molar-refractivity contribution in [3.05, 3.63) is 59.7 Å². The van der Waals surface area contributed by atoms with Gasteiger partial charge in [-0.05, 0) is 34.9 Å². The molecule has 0 bridgehead atoms. The lowest BCUT2D eigenvalue weighted by Crippen LogP contribution is -2.09. The Kier molecular flexibility index (Phi) is 4.29. The predicted molar refractivity (Wildman–Crippen MR) is 74.0 cm³/mol. The highest BCUT2D eigenvalue weighted by atomic mass is 19.4. The van der Waals surface area contributed by atoms with Crippen LogP contribution in [-0.4, -0.2) is 0 Å². The van der Waals surface area contributed by atoms with E-state index < -0.39 is 17.8 Å². The van der Waals surface area contributed by atoms with Crippen molar-refractivity contribution in [2.24, 2.45) is 5.73 Å². The first-order chi connectivity index (χ1) is 9.91.